The van der Waals surface area contributed by atoms with Gasteiger partial charge < -0.3 is 24.7 Å². The number of carboxylic acid groups (broad SMARTS) is 1. The lowest BCUT2D eigenvalue weighted by atomic mass is 9.68. The number of carboxylic acids is 1. The number of aromatic hydroxyl groups is 1. The van der Waals surface area contributed by atoms with Gasteiger partial charge >= 0.3 is 5.97 Å². The second-order valence-corrected chi connectivity index (χ2v) is 12.3. The molecule has 6 rings (SSSR count). The Morgan fingerprint density at radius 1 is 1.17 bits per heavy atom. The largest absolute Gasteiger partial charge is 0.502 e. The van der Waals surface area contributed by atoms with E-state index < -0.39 is 24.3 Å². The van der Waals surface area contributed by atoms with Gasteiger partial charge in [-0.1, -0.05) is 0 Å². The van der Waals surface area contributed by atoms with Crippen LogP contribution in [0, 0.1) is 33.5 Å². The number of phenolic OH excluding ortho intramolecular Hbond substituents is 1. The average molecular weight is 535 g/mol. The summed E-state index contributed by atoms with van der Waals surface area (Å²) in [6.07, 6.45) is 0.745. The molecule has 2 saturated carbocycles. The lowest BCUT2D eigenvalue weighted by Crippen LogP contribution is -2.42. The molecule has 4 aliphatic rings. The number of H-pyrrole nitrogens is 1. The summed E-state index contributed by atoms with van der Waals surface area (Å²) in [5.41, 5.74) is 0.876. The summed E-state index contributed by atoms with van der Waals surface area (Å²) in [4.78, 5) is 43.0. The molecule has 1 aromatic heterocycles. The Hall–Kier alpha value is -2.57. The van der Waals surface area contributed by atoms with Gasteiger partial charge in [0.15, 0.2) is 15.5 Å². The van der Waals surface area contributed by atoms with Gasteiger partial charge in [-0.2, -0.15) is 0 Å². The Kier molecular flexibility index (Phi) is 5.21. The number of hydrogen-bond donors (Lipinski definition) is 3. The van der Waals surface area contributed by atoms with Gasteiger partial charge in [0.1, 0.15) is 6.54 Å². The Labute approximate surface area is 213 Å². The van der Waals surface area contributed by atoms with Crippen molar-refractivity contribution in [3.63, 3.8) is 0 Å². The summed E-state index contributed by atoms with van der Waals surface area (Å²) in [6.45, 7) is -0.594. The van der Waals surface area contributed by atoms with Gasteiger partial charge in [-0.3, -0.25) is 19.3 Å². The molecule has 1 aromatic carbocycles. The lowest BCUT2D eigenvalue weighted by molar-refractivity contribution is -0.149. The van der Waals surface area contributed by atoms with Crippen LogP contribution < -0.4 is 9.47 Å². The minimum absolute atomic E-state index is 0.0284. The van der Waals surface area contributed by atoms with E-state index in [1.54, 1.807) is 23.9 Å². The van der Waals surface area contributed by atoms with Crippen LogP contribution in [0.15, 0.2) is 17.2 Å². The van der Waals surface area contributed by atoms with Crippen molar-refractivity contribution in [3.8, 4) is 17.2 Å². The standard InChI is InChI=1S/C23H22N2O7S3/c1-31-10-3-7(4-11(32-2)17(10)28)13-14-8-5-9(18(14)34-20-19(13)35-23(33)24-20)16-15(8)21(29)25(22(16)30)6-12(26)27/h3-4,8-9,13-16,18,28H,5-6H2,1-2H3,(H,24,33)(H,26,27). The third-order valence-corrected chi connectivity index (χ3v) is 10.9. The van der Waals surface area contributed by atoms with Gasteiger partial charge in [0, 0.05) is 16.0 Å². The van der Waals surface area contributed by atoms with Gasteiger partial charge in [-0.05, 0) is 54.1 Å². The lowest BCUT2D eigenvalue weighted by Gasteiger charge is -2.43. The van der Waals surface area contributed by atoms with Crippen LogP contribution in [-0.2, 0) is 14.4 Å². The second kappa shape index (κ2) is 7.97. The molecule has 184 valence electrons. The number of carbonyl (C=O) groups is 3. The zero-order valence-electron chi connectivity index (χ0n) is 18.7. The van der Waals surface area contributed by atoms with E-state index >= 15 is 0 Å². The number of nitrogens with one attached hydrogen (secondary N) is 1. The fraction of sp³-hybridized carbons (Fsp3) is 0.478. The molecule has 7 atom stereocenters. The van der Waals surface area contributed by atoms with Crippen molar-refractivity contribution in [1.29, 1.82) is 0 Å². The molecule has 1 saturated heterocycles. The number of benzene rings is 1. The summed E-state index contributed by atoms with van der Waals surface area (Å²) in [5, 5.41) is 20.7. The van der Waals surface area contributed by atoms with E-state index in [-0.39, 0.29) is 58.0 Å². The topological polar surface area (TPSA) is 129 Å². The van der Waals surface area contributed by atoms with Gasteiger partial charge in [-0.15, -0.1) is 23.1 Å². The van der Waals surface area contributed by atoms with Crippen LogP contribution in [0.4, 0.5) is 0 Å². The third-order valence-electron chi connectivity index (χ3n) is 7.97. The molecule has 12 heteroatoms. The highest BCUT2D eigenvalue weighted by molar-refractivity contribution is 8.00. The van der Waals surface area contributed by atoms with Gasteiger partial charge in [0.25, 0.3) is 0 Å². The van der Waals surface area contributed by atoms with Crippen molar-refractivity contribution < 1.29 is 34.1 Å². The number of imide groups is 1. The van der Waals surface area contributed by atoms with E-state index in [1.807, 2.05) is 0 Å². The molecule has 2 amide bonds. The highest BCUT2D eigenvalue weighted by atomic mass is 32.2. The van der Waals surface area contributed by atoms with E-state index in [0.29, 0.717) is 3.95 Å². The number of likely N-dealkylation sites (tertiary alicyclic amines) is 1. The highest BCUT2D eigenvalue weighted by Crippen LogP contribution is 2.69. The van der Waals surface area contributed by atoms with Crippen LogP contribution in [0.3, 0.4) is 0 Å². The van der Waals surface area contributed by atoms with Crippen molar-refractivity contribution in [2.24, 2.45) is 29.6 Å². The molecule has 2 aliphatic carbocycles. The molecule has 2 aliphatic heterocycles. The van der Waals surface area contributed by atoms with Crippen LogP contribution in [0.25, 0.3) is 0 Å². The zero-order valence-corrected chi connectivity index (χ0v) is 21.2. The van der Waals surface area contributed by atoms with Gasteiger partial charge in [0.2, 0.25) is 17.6 Å². The number of nitrogens with zero attached hydrogens (tertiary/aromatic N) is 1. The molecule has 0 radical (unpaired) electrons. The number of rotatable bonds is 5. The van der Waals surface area contributed by atoms with E-state index in [1.165, 1.54) is 25.6 Å². The Balaban J connectivity index is 1.48. The zero-order chi connectivity index (χ0) is 24.8. The molecular formula is C23H22N2O7S3. The number of amides is 2. The second-order valence-electron chi connectivity index (χ2n) is 9.39. The summed E-state index contributed by atoms with van der Waals surface area (Å²) in [7, 11) is 2.96. The molecule has 9 nitrogen and oxygen atoms in total. The number of carbonyl (C=O) groups excluding carboxylic acids is 2. The van der Waals surface area contributed by atoms with Crippen LogP contribution in [0.2, 0.25) is 0 Å². The first-order chi connectivity index (χ1) is 16.7. The highest BCUT2D eigenvalue weighted by Gasteiger charge is 2.69. The first kappa shape index (κ1) is 22.9. The number of thioether (sulfide) groups is 1. The molecule has 7 unspecified atom stereocenters. The third kappa shape index (κ3) is 3.12. The summed E-state index contributed by atoms with van der Waals surface area (Å²) >= 11 is 8.64. The van der Waals surface area contributed by atoms with Crippen molar-refractivity contribution in [2.45, 2.75) is 22.6 Å². The first-order valence-electron chi connectivity index (χ1n) is 11.2. The summed E-state index contributed by atoms with van der Waals surface area (Å²) in [6, 6.07) is 3.59. The summed E-state index contributed by atoms with van der Waals surface area (Å²) in [5.74, 6) is -2.65. The molecule has 35 heavy (non-hydrogen) atoms. The molecular weight excluding hydrogens is 512 g/mol. The monoisotopic (exact) mass is 534 g/mol. The number of aromatic nitrogens is 1. The maximum atomic E-state index is 13.3. The van der Waals surface area contributed by atoms with E-state index in [9.17, 15) is 24.6 Å². The number of aliphatic carboxylic acids is 1. The molecule has 3 N–H and O–H groups in total. The molecule has 2 aromatic rings. The van der Waals surface area contributed by atoms with Crippen molar-refractivity contribution in [2.75, 3.05) is 20.8 Å². The normalized spacial score (nSPS) is 32.4. The molecule has 3 heterocycles. The van der Waals surface area contributed by atoms with E-state index in [2.05, 4.69) is 4.98 Å². The van der Waals surface area contributed by atoms with E-state index in [0.717, 1.165) is 26.8 Å². The smallest absolute Gasteiger partial charge is 0.323 e. The van der Waals surface area contributed by atoms with Gasteiger partial charge in [0.05, 0.1) is 31.1 Å². The van der Waals surface area contributed by atoms with Crippen LogP contribution in [-0.4, -0.2) is 63.9 Å². The predicted molar refractivity (Wildman–Crippen MR) is 129 cm³/mol. The Morgan fingerprint density at radius 3 is 2.40 bits per heavy atom. The number of thiazole rings is 1. The summed E-state index contributed by atoms with van der Waals surface area (Å²) < 4.78 is 11.5. The van der Waals surface area contributed by atoms with Gasteiger partial charge in [-0.25, -0.2) is 0 Å². The van der Waals surface area contributed by atoms with Crippen molar-refractivity contribution in [1.82, 2.24) is 9.88 Å². The van der Waals surface area contributed by atoms with Crippen LogP contribution >= 0.6 is 35.3 Å². The number of hydrogen-bond acceptors (Lipinski definition) is 9. The maximum absolute atomic E-state index is 13.3. The predicted octanol–water partition coefficient (Wildman–Crippen LogP) is 3.09. The minimum Gasteiger partial charge on any atom is -0.502 e. The first-order valence-corrected chi connectivity index (χ1v) is 13.3. The van der Waals surface area contributed by atoms with Crippen LogP contribution in [0.1, 0.15) is 22.8 Å². The van der Waals surface area contributed by atoms with Crippen LogP contribution in [0.5, 0.6) is 17.2 Å². The quantitative estimate of drug-likeness (QED) is 0.391. The minimum atomic E-state index is -1.19. The van der Waals surface area contributed by atoms with E-state index in [4.69, 9.17) is 21.7 Å². The fourth-order valence-electron chi connectivity index (χ4n) is 6.84. The molecule has 2 bridgehead atoms. The number of ether oxygens (including phenoxy) is 2. The van der Waals surface area contributed by atoms with Crippen molar-refractivity contribution in [3.05, 3.63) is 26.5 Å². The molecule has 3 fully saturated rings. The number of methoxy groups -OCH3 is 2. The Morgan fingerprint density at radius 2 is 1.80 bits per heavy atom. The van der Waals surface area contributed by atoms with Crippen molar-refractivity contribution >= 4 is 53.1 Å². The Bertz CT molecular complexity index is 1310. The number of phenols is 1. The average Bonchev–Trinajstić information content (AvgIpc) is 3.55. The molecule has 0 spiro atoms. The maximum Gasteiger partial charge on any atom is 0.323 e. The SMILES string of the molecule is COc1cc(C2c3sc(=S)[nH]c3SC3C4CC(C5C(=O)N(CC(=O)O)C(=O)C45)C23)cc(OC)c1O. The number of fused-ring (bicyclic) bond motifs is 9. The number of aromatic amines is 1. The fourth-order valence-corrected chi connectivity index (χ4v) is 10.2.